The molecule has 0 aliphatic carbocycles. The van der Waals surface area contributed by atoms with Crippen molar-refractivity contribution in [2.45, 2.75) is 6.61 Å². The predicted molar refractivity (Wildman–Crippen MR) is 119 cm³/mol. The summed E-state index contributed by atoms with van der Waals surface area (Å²) >= 11 is 1.35. The van der Waals surface area contributed by atoms with Gasteiger partial charge in [-0.25, -0.2) is 13.8 Å². The van der Waals surface area contributed by atoms with Crippen molar-refractivity contribution in [1.82, 2.24) is 9.38 Å². The lowest BCUT2D eigenvalue weighted by Crippen LogP contribution is -2.22. The number of hydrogen-bond donors (Lipinski definition) is 0. The second kappa shape index (κ2) is 7.85. The zero-order valence-corrected chi connectivity index (χ0v) is 17.4. The first-order valence-electron chi connectivity index (χ1n) is 9.59. The summed E-state index contributed by atoms with van der Waals surface area (Å²) in [5, 5.41) is 0. The van der Waals surface area contributed by atoms with Gasteiger partial charge in [-0.2, -0.15) is 0 Å². The van der Waals surface area contributed by atoms with E-state index in [4.69, 9.17) is 9.47 Å². The molecule has 7 heteroatoms. The van der Waals surface area contributed by atoms with Crippen molar-refractivity contribution in [3.8, 4) is 11.5 Å². The highest BCUT2D eigenvalue weighted by atomic mass is 32.1. The van der Waals surface area contributed by atoms with Crippen LogP contribution in [0.5, 0.6) is 11.5 Å². The van der Waals surface area contributed by atoms with Crippen molar-refractivity contribution in [2.24, 2.45) is 0 Å². The quantitative estimate of drug-likeness (QED) is 0.418. The van der Waals surface area contributed by atoms with Crippen LogP contribution in [-0.2, 0) is 6.61 Å². The minimum atomic E-state index is -0.284. The number of methoxy groups -OCH3 is 1. The van der Waals surface area contributed by atoms with E-state index in [1.165, 1.54) is 23.5 Å². The van der Waals surface area contributed by atoms with Crippen molar-refractivity contribution >= 4 is 33.4 Å². The van der Waals surface area contributed by atoms with Crippen LogP contribution in [0.4, 0.5) is 4.39 Å². The van der Waals surface area contributed by atoms with E-state index in [2.05, 4.69) is 4.98 Å². The van der Waals surface area contributed by atoms with E-state index < -0.39 is 0 Å². The molecule has 0 bridgehead atoms. The van der Waals surface area contributed by atoms with Gasteiger partial charge in [-0.3, -0.25) is 4.79 Å². The highest BCUT2D eigenvalue weighted by molar-refractivity contribution is 7.15. The Kier molecular flexibility index (Phi) is 4.88. The molecule has 0 atom stereocenters. The fraction of sp³-hybridized carbons (Fsp3) is 0.0833. The van der Waals surface area contributed by atoms with Gasteiger partial charge in [-0.05, 0) is 53.6 Å². The minimum Gasteiger partial charge on any atom is -0.493 e. The lowest BCUT2D eigenvalue weighted by Gasteiger charge is -2.11. The van der Waals surface area contributed by atoms with E-state index in [0.717, 1.165) is 22.2 Å². The molecule has 0 spiro atoms. The molecule has 0 amide bonds. The lowest BCUT2D eigenvalue weighted by molar-refractivity contribution is 0.284. The molecule has 0 saturated heterocycles. The molecule has 5 nitrogen and oxygen atoms in total. The molecular weight excluding hydrogens is 415 g/mol. The van der Waals surface area contributed by atoms with Crippen LogP contribution in [0.25, 0.3) is 22.1 Å². The standard InChI is InChI=1S/C24H17FN2O3S/c1-29-21-12-16(8-11-20(21)30-14-15-6-9-17(25)10-7-15)13-22-23(28)27-19-5-3-2-4-18(19)26-24(27)31-22/h2-13H,14H2,1H3/b22-13-. The summed E-state index contributed by atoms with van der Waals surface area (Å²) in [7, 11) is 1.56. The molecule has 5 aromatic rings. The molecule has 2 aromatic heterocycles. The average molecular weight is 432 g/mol. The molecule has 0 unspecified atom stereocenters. The number of rotatable bonds is 5. The second-order valence-corrected chi connectivity index (χ2v) is 7.97. The first-order chi connectivity index (χ1) is 15.1. The number of ether oxygens (including phenoxy) is 2. The first kappa shape index (κ1) is 19.3. The van der Waals surface area contributed by atoms with E-state index in [1.54, 1.807) is 29.7 Å². The molecule has 0 aliphatic rings. The van der Waals surface area contributed by atoms with Gasteiger partial charge >= 0.3 is 0 Å². The SMILES string of the molecule is COc1cc(/C=c2\sc3nc4ccccc4n3c2=O)ccc1OCc1ccc(F)cc1. The Bertz CT molecular complexity index is 1510. The number of para-hydroxylation sites is 2. The van der Waals surface area contributed by atoms with Crippen LogP contribution >= 0.6 is 11.3 Å². The van der Waals surface area contributed by atoms with Crippen molar-refractivity contribution in [3.63, 3.8) is 0 Å². The zero-order chi connectivity index (χ0) is 21.4. The summed E-state index contributed by atoms with van der Waals surface area (Å²) in [5.74, 6) is 0.835. The van der Waals surface area contributed by atoms with Gasteiger partial charge in [0.15, 0.2) is 16.5 Å². The number of imidazole rings is 1. The summed E-state index contributed by atoms with van der Waals surface area (Å²) in [6.45, 7) is 0.291. The van der Waals surface area contributed by atoms with Crippen molar-refractivity contribution < 1.29 is 13.9 Å². The third-order valence-electron chi connectivity index (χ3n) is 4.94. The highest BCUT2D eigenvalue weighted by Crippen LogP contribution is 2.29. The Balaban J connectivity index is 1.46. The number of thiazole rings is 1. The first-order valence-corrected chi connectivity index (χ1v) is 10.4. The third-order valence-corrected chi connectivity index (χ3v) is 5.91. The zero-order valence-electron chi connectivity index (χ0n) is 16.5. The average Bonchev–Trinajstić information content (AvgIpc) is 3.30. The van der Waals surface area contributed by atoms with Crippen LogP contribution in [0.3, 0.4) is 0 Å². The van der Waals surface area contributed by atoms with Gasteiger partial charge in [0.1, 0.15) is 12.4 Å². The molecule has 0 aliphatic heterocycles. The van der Waals surface area contributed by atoms with Gasteiger partial charge in [0.25, 0.3) is 5.56 Å². The Morgan fingerprint density at radius 3 is 2.68 bits per heavy atom. The molecule has 0 radical (unpaired) electrons. The fourth-order valence-electron chi connectivity index (χ4n) is 3.40. The maximum Gasteiger partial charge on any atom is 0.274 e. The summed E-state index contributed by atoms with van der Waals surface area (Å²) in [6.07, 6.45) is 1.82. The highest BCUT2D eigenvalue weighted by Gasteiger charge is 2.11. The van der Waals surface area contributed by atoms with Gasteiger partial charge in [-0.1, -0.05) is 41.7 Å². The fourth-order valence-corrected chi connectivity index (χ4v) is 4.39. The Hall–Kier alpha value is -3.71. The molecule has 5 rings (SSSR count). The number of benzene rings is 3. The van der Waals surface area contributed by atoms with Gasteiger partial charge in [0.2, 0.25) is 0 Å². The number of fused-ring (bicyclic) bond motifs is 3. The molecular formula is C24H17FN2O3S. The van der Waals surface area contributed by atoms with Crippen LogP contribution in [0.15, 0.2) is 71.5 Å². The van der Waals surface area contributed by atoms with Crippen molar-refractivity contribution in [2.75, 3.05) is 7.11 Å². The molecule has 31 heavy (non-hydrogen) atoms. The maximum atomic E-state index is 13.1. The topological polar surface area (TPSA) is 52.8 Å². The maximum absolute atomic E-state index is 13.1. The molecule has 0 fully saturated rings. The van der Waals surface area contributed by atoms with Crippen molar-refractivity contribution in [3.05, 3.63) is 98.6 Å². The molecule has 0 saturated carbocycles. The second-order valence-electron chi connectivity index (χ2n) is 6.96. The predicted octanol–water partition coefficient (Wildman–Crippen LogP) is 4.18. The monoisotopic (exact) mass is 432 g/mol. The van der Waals surface area contributed by atoms with E-state index in [0.29, 0.717) is 27.6 Å². The van der Waals surface area contributed by atoms with Crippen LogP contribution in [0.2, 0.25) is 0 Å². The number of nitrogens with zero attached hydrogens (tertiary/aromatic N) is 2. The molecule has 0 N–H and O–H groups in total. The van der Waals surface area contributed by atoms with Gasteiger partial charge in [0, 0.05) is 0 Å². The Labute approximate surface area is 180 Å². The van der Waals surface area contributed by atoms with Crippen LogP contribution in [0, 0.1) is 5.82 Å². The lowest BCUT2D eigenvalue weighted by atomic mass is 10.2. The third kappa shape index (κ3) is 3.64. The molecule has 2 heterocycles. The summed E-state index contributed by atoms with van der Waals surface area (Å²) in [4.78, 5) is 18.1. The van der Waals surface area contributed by atoms with E-state index in [1.807, 2.05) is 42.5 Å². The number of aromatic nitrogens is 2. The largest absolute Gasteiger partial charge is 0.493 e. The van der Waals surface area contributed by atoms with E-state index in [9.17, 15) is 9.18 Å². The summed E-state index contributed by atoms with van der Waals surface area (Å²) in [6, 6.07) is 19.2. The summed E-state index contributed by atoms with van der Waals surface area (Å²) in [5.41, 5.74) is 3.19. The Morgan fingerprint density at radius 2 is 1.87 bits per heavy atom. The van der Waals surface area contributed by atoms with Gasteiger partial charge < -0.3 is 9.47 Å². The van der Waals surface area contributed by atoms with Gasteiger partial charge in [0.05, 0.1) is 22.7 Å². The Morgan fingerprint density at radius 1 is 1.06 bits per heavy atom. The van der Waals surface area contributed by atoms with Gasteiger partial charge in [-0.15, -0.1) is 0 Å². The smallest absolute Gasteiger partial charge is 0.274 e. The van der Waals surface area contributed by atoms with Crippen LogP contribution in [-0.4, -0.2) is 16.5 Å². The summed E-state index contributed by atoms with van der Waals surface area (Å²) < 4.78 is 26.6. The van der Waals surface area contributed by atoms with Crippen LogP contribution < -0.4 is 19.6 Å². The van der Waals surface area contributed by atoms with E-state index in [-0.39, 0.29) is 11.4 Å². The normalized spacial score (nSPS) is 12.0. The molecule has 3 aromatic carbocycles. The number of halogens is 1. The molecule has 154 valence electrons. The number of hydrogen-bond acceptors (Lipinski definition) is 5. The van der Waals surface area contributed by atoms with E-state index >= 15 is 0 Å². The minimum absolute atomic E-state index is 0.0932. The van der Waals surface area contributed by atoms with Crippen LogP contribution in [0.1, 0.15) is 11.1 Å². The van der Waals surface area contributed by atoms with Crippen molar-refractivity contribution in [1.29, 1.82) is 0 Å².